The minimum Gasteiger partial charge on any atom is -0.384 e. The summed E-state index contributed by atoms with van der Waals surface area (Å²) in [6, 6.07) is -0.0244. The number of ketones is 1. The Labute approximate surface area is 202 Å². The highest BCUT2D eigenvalue weighted by Crippen LogP contribution is 2.40. The van der Waals surface area contributed by atoms with Gasteiger partial charge >= 0.3 is 11.4 Å². The summed E-state index contributed by atoms with van der Waals surface area (Å²) in [5, 5.41) is 0.414. The normalized spacial score (nSPS) is 15.7. The first kappa shape index (κ1) is 23.3. The summed E-state index contributed by atoms with van der Waals surface area (Å²) in [5.41, 5.74) is 3.37. The summed E-state index contributed by atoms with van der Waals surface area (Å²) in [6.45, 7) is 4.00. The molecule has 3 heterocycles. The van der Waals surface area contributed by atoms with Gasteiger partial charge in [0.25, 0.3) is 11.1 Å². The molecule has 4 N–H and O–H groups in total. The topological polar surface area (TPSA) is 179 Å². The van der Waals surface area contributed by atoms with Gasteiger partial charge in [-0.25, -0.2) is 19.6 Å². The van der Waals surface area contributed by atoms with Gasteiger partial charge < -0.3 is 5.73 Å². The summed E-state index contributed by atoms with van der Waals surface area (Å²) in [5.74, 6) is -0.292. The summed E-state index contributed by atoms with van der Waals surface area (Å²) in [4.78, 5) is 76.6. The molecule has 0 amide bonds. The standard InChI is InChI=1S/C22H25N7O5S/c1-9(2)7-28-15(23)13(18(31)26-21(28)33)12(30)8-35-20-14-17(24-16(25-20)10-3-4-10)29(11-5-6-11)22(34)27-19(14)32/h9-11H,3-8,23H2,1-2H3,(H,26,31,33)(H,27,32,34). The van der Waals surface area contributed by atoms with Crippen LogP contribution in [0.1, 0.15) is 67.7 Å². The Bertz CT molecular complexity index is 1590. The monoisotopic (exact) mass is 499 g/mol. The number of Topliss-reactive ketones (excluding diaryl/α,β-unsaturated/α-hetero) is 1. The molecule has 0 atom stereocenters. The molecule has 0 aliphatic heterocycles. The van der Waals surface area contributed by atoms with Gasteiger partial charge in [-0.15, -0.1) is 0 Å². The van der Waals surface area contributed by atoms with E-state index in [-0.39, 0.29) is 57.6 Å². The van der Waals surface area contributed by atoms with Crippen LogP contribution in [0.25, 0.3) is 11.0 Å². The summed E-state index contributed by atoms with van der Waals surface area (Å²) in [6.07, 6.45) is 3.46. The molecule has 0 saturated heterocycles. The Morgan fingerprint density at radius 1 is 1.06 bits per heavy atom. The molecular formula is C22H25N7O5S. The molecule has 0 spiro atoms. The van der Waals surface area contributed by atoms with E-state index in [4.69, 9.17) is 5.73 Å². The van der Waals surface area contributed by atoms with Gasteiger partial charge in [0.05, 0.1) is 5.75 Å². The maximum Gasteiger partial charge on any atom is 0.330 e. The van der Waals surface area contributed by atoms with Crippen molar-refractivity contribution in [3.05, 3.63) is 53.1 Å². The van der Waals surface area contributed by atoms with Crippen molar-refractivity contribution in [2.75, 3.05) is 11.5 Å². The summed E-state index contributed by atoms with van der Waals surface area (Å²) in [7, 11) is 0. The number of fused-ring (bicyclic) bond motifs is 1. The molecule has 13 heteroatoms. The fourth-order valence-electron chi connectivity index (χ4n) is 4.04. The highest BCUT2D eigenvalue weighted by atomic mass is 32.2. The molecule has 2 fully saturated rings. The molecule has 0 bridgehead atoms. The van der Waals surface area contributed by atoms with Crippen molar-refractivity contribution < 1.29 is 4.79 Å². The van der Waals surface area contributed by atoms with Crippen molar-refractivity contribution in [3.63, 3.8) is 0 Å². The number of rotatable bonds is 8. The Hall–Kier alpha value is -3.48. The molecule has 0 radical (unpaired) electrons. The fourth-order valence-corrected chi connectivity index (χ4v) is 4.94. The number of hydrogen-bond acceptors (Lipinski definition) is 9. The molecule has 184 valence electrons. The largest absolute Gasteiger partial charge is 0.384 e. The number of hydrogen-bond donors (Lipinski definition) is 3. The number of nitrogens with one attached hydrogen (secondary N) is 2. The highest BCUT2D eigenvalue weighted by Gasteiger charge is 2.32. The Kier molecular flexibility index (Phi) is 5.74. The van der Waals surface area contributed by atoms with E-state index in [2.05, 4.69) is 19.9 Å². The Morgan fingerprint density at radius 2 is 1.74 bits per heavy atom. The zero-order valence-corrected chi connectivity index (χ0v) is 20.1. The molecule has 3 aromatic rings. The van der Waals surface area contributed by atoms with Crippen molar-refractivity contribution in [2.24, 2.45) is 5.92 Å². The molecule has 3 aromatic heterocycles. The molecule has 0 aromatic carbocycles. The van der Waals surface area contributed by atoms with Crippen LogP contribution in [0.4, 0.5) is 5.82 Å². The minimum absolute atomic E-state index is 0.0244. The predicted octanol–water partition coefficient (Wildman–Crippen LogP) is 0.755. The van der Waals surface area contributed by atoms with Crippen LogP contribution >= 0.6 is 11.8 Å². The maximum absolute atomic E-state index is 13.1. The van der Waals surface area contributed by atoms with E-state index in [1.807, 2.05) is 13.8 Å². The first-order chi connectivity index (χ1) is 16.7. The van der Waals surface area contributed by atoms with Gasteiger partial charge in [0.2, 0.25) is 0 Å². The predicted molar refractivity (Wildman–Crippen MR) is 130 cm³/mol. The van der Waals surface area contributed by atoms with Crippen LogP contribution in [0.3, 0.4) is 0 Å². The van der Waals surface area contributed by atoms with Crippen molar-refractivity contribution in [3.8, 4) is 0 Å². The van der Waals surface area contributed by atoms with E-state index >= 15 is 0 Å². The van der Waals surface area contributed by atoms with Crippen LogP contribution in [0, 0.1) is 5.92 Å². The molecular weight excluding hydrogens is 474 g/mol. The van der Waals surface area contributed by atoms with Crippen LogP contribution in [0.15, 0.2) is 24.2 Å². The molecule has 12 nitrogen and oxygen atoms in total. The lowest BCUT2D eigenvalue weighted by Crippen LogP contribution is -2.37. The average Bonchev–Trinajstić information content (AvgIpc) is 3.67. The third-order valence-electron chi connectivity index (χ3n) is 6.03. The van der Waals surface area contributed by atoms with E-state index in [1.165, 1.54) is 9.13 Å². The van der Waals surface area contributed by atoms with Gasteiger partial charge in [0.1, 0.15) is 27.6 Å². The summed E-state index contributed by atoms with van der Waals surface area (Å²) >= 11 is 0.983. The lowest BCUT2D eigenvalue weighted by atomic mass is 10.2. The van der Waals surface area contributed by atoms with E-state index in [0.717, 1.165) is 37.4 Å². The molecule has 2 saturated carbocycles. The van der Waals surface area contributed by atoms with E-state index in [9.17, 15) is 24.0 Å². The van der Waals surface area contributed by atoms with Gasteiger partial charge in [-0.05, 0) is 31.6 Å². The second-order valence-corrected chi connectivity index (χ2v) is 10.4. The van der Waals surface area contributed by atoms with E-state index < -0.39 is 28.3 Å². The fraction of sp³-hybridized carbons (Fsp3) is 0.500. The second-order valence-electron chi connectivity index (χ2n) is 9.46. The van der Waals surface area contributed by atoms with Crippen molar-refractivity contribution in [2.45, 2.75) is 63.1 Å². The van der Waals surface area contributed by atoms with E-state index in [0.29, 0.717) is 5.82 Å². The SMILES string of the molecule is CC(C)Cn1c(N)c(C(=O)CSc2nc(C3CC3)nc3c2c(=O)[nH]c(=O)n3C2CC2)c(=O)[nH]c1=O. The highest BCUT2D eigenvalue weighted by molar-refractivity contribution is 8.00. The lowest BCUT2D eigenvalue weighted by Gasteiger charge is -2.14. The third kappa shape index (κ3) is 4.35. The van der Waals surface area contributed by atoms with Crippen LogP contribution < -0.4 is 28.2 Å². The number of aromatic nitrogens is 6. The van der Waals surface area contributed by atoms with Crippen LogP contribution in [0.5, 0.6) is 0 Å². The number of carbonyl (C=O) groups excluding carboxylic acids is 1. The number of nitrogen functional groups attached to an aromatic ring is 1. The number of aromatic amines is 2. The van der Waals surface area contributed by atoms with Crippen molar-refractivity contribution in [1.82, 2.24) is 29.1 Å². The van der Waals surface area contributed by atoms with Crippen LogP contribution in [0.2, 0.25) is 0 Å². The minimum atomic E-state index is -0.857. The van der Waals surface area contributed by atoms with Gasteiger partial charge in [-0.2, -0.15) is 0 Å². The Balaban J connectivity index is 1.55. The number of nitrogens with two attached hydrogens (primary N) is 1. The number of thioether (sulfide) groups is 1. The smallest absolute Gasteiger partial charge is 0.330 e. The lowest BCUT2D eigenvalue weighted by molar-refractivity contribution is 0.102. The van der Waals surface area contributed by atoms with Crippen molar-refractivity contribution in [1.29, 1.82) is 0 Å². The van der Waals surface area contributed by atoms with E-state index in [1.54, 1.807) is 0 Å². The number of H-pyrrole nitrogens is 2. The number of carbonyl (C=O) groups is 1. The second kappa shape index (κ2) is 8.63. The van der Waals surface area contributed by atoms with Crippen LogP contribution in [-0.2, 0) is 6.54 Å². The summed E-state index contributed by atoms with van der Waals surface area (Å²) < 4.78 is 2.68. The van der Waals surface area contributed by atoms with Crippen LogP contribution in [-0.4, -0.2) is 40.6 Å². The zero-order chi connectivity index (χ0) is 25.0. The molecule has 5 rings (SSSR count). The molecule has 35 heavy (non-hydrogen) atoms. The van der Waals surface area contributed by atoms with Gasteiger partial charge in [-0.3, -0.25) is 33.5 Å². The quantitative estimate of drug-likeness (QED) is 0.229. The van der Waals surface area contributed by atoms with Gasteiger partial charge in [0.15, 0.2) is 11.4 Å². The first-order valence-electron chi connectivity index (χ1n) is 11.5. The van der Waals surface area contributed by atoms with Gasteiger partial charge in [-0.1, -0.05) is 25.6 Å². The molecule has 2 aliphatic carbocycles. The third-order valence-corrected chi connectivity index (χ3v) is 7.00. The average molecular weight is 500 g/mol. The zero-order valence-electron chi connectivity index (χ0n) is 19.3. The first-order valence-corrected chi connectivity index (χ1v) is 12.5. The maximum atomic E-state index is 13.1. The molecule has 0 unspecified atom stereocenters. The van der Waals surface area contributed by atoms with Crippen molar-refractivity contribution >= 4 is 34.4 Å². The number of anilines is 1. The Morgan fingerprint density at radius 3 is 2.37 bits per heavy atom. The molecule has 2 aliphatic rings. The van der Waals surface area contributed by atoms with Gasteiger partial charge in [0, 0.05) is 18.5 Å². The number of nitrogens with zero attached hydrogens (tertiary/aromatic N) is 4.